The fraction of sp³-hybridized carbons (Fsp3) is 0.0476. The number of nitrogens with zero attached hydrogens (tertiary/aromatic N) is 1. The third kappa shape index (κ3) is 5.09. The van der Waals surface area contributed by atoms with Gasteiger partial charge in [0, 0.05) is 10.6 Å². The number of carbonyl (C=O) groups is 1. The Morgan fingerprint density at radius 1 is 1.07 bits per heavy atom. The van der Waals surface area contributed by atoms with Gasteiger partial charge in [0.1, 0.15) is 18.1 Å². The van der Waals surface area contributed by atoms with E-state index in [0.29, 0.717) is 22.9 Å². The number of phenolic OH excluding ortho intramolecular Hbond substituents is 1. The molecule has 27 heavy (non-hydrogen) atoms. The summed E-state index contributed by atoms with van der Waals surface area (Å²) in [4.78, 5) is 12.1. The zero-order valence-corrected chi connectivity index (χ0v) is 15.1. The van der Waals surface area contributed by atoms with Crippen molar-refractivity contribution in [3.63, 3.8) is 0 Å². The molecule has 0 aliphatic heterocycles. The monoisotopic (exact) mass is 380 g/mol. The lowest BCUT2D eigenvalue weighted by Crippen LogP contribution is -2.17. The summed E-state index contributed by atoms with van der Waals surface area (Å²) in [5.74, 6) is 0.0233. The van der Waals surface area contributed by atoms with Gasteiger partial charge in [0.15, 0.2) is 0 Å². The van der Waals surface area contributed by atoms with Crippen molar-refractivity contribution in [1.82, 2.24) is 5.43 Å². The van der Waals surface area contributed by atoms with E-state index in [0.717, 1.165) is 5.56 Å². The number of halogens is 1. The Morgan fingerprint density at radius 2 is 1.85 bits per heavy atom. The van der Waals surface area contributed by atoms with Crippen molar-refractivity contribution in [3.05, 3.63) is 94.5 Å². The molecule has 5 nitrogen and oxygen atoms in total. The molecule has 0 radical (unpaired) electrons. The minimum absolute atomic E-state index is 0.101. The van der Waals surface area contributed by atoms with Crippen LogP contribution < -0.4 is 10.2 Å². The van der Waals surface area contributed by atoms with Crippen LogP contribution in [0.15, 0.2) is 77.9 Å². The molecule has 0 saturated carbocycles. The van der Waals surface area contributed by atoms with Crippen LogP contribution in [0.4, 0.5) is 0 Å². The Balaban J connectivity index is 1.66. The maximum Gasteiger partial charge on any atom is 0.275 e. The lowest BCUT2D eigenvalue weighted by Gasteiger charge is -2.09. The van der Waals surface area contributed by atoms with Crippen molar-refractivity contribution in [3.8, 4) is 11.5 Å². The molecule has 0 aromatic heterocycles. The molecule has 0 unspecified atom stereocenters. The second kappa shape index (κ2) is 8.87. The van der Waals surface area contributed by atoms with E-state index < -0.39 is 5.91 Å². The number of phenols is 1. The van der Waals surface area contributed by atoms with Crippen LogP contribution in [0.5, 0.6) is 11.5 Å². The Bertz CT molecular complexity index is 973. The Labute approximate surface area is 161 Å². The first kappa shape index (κ1) is 18.5. The van der Waals surface area contributed by atoms with E-state index >= 15 is 0 Å². The number of ether oxygens (including phenoxy) is 1. The highest BCUT2D eigenvalue weighted by Crippen LogP contribution is 2.19. The Kier molecular flexibility index (Phi) is 6.07. The van der Waals surface area contributed by atoms with Crippen molar-refractivity contribution in [1.29, 1.82) is 0 Å². The normalized spacial score (nSPS) is 10.7. The Hall–Kier alpha value is -3.31. The molecule has 3 rings (SSSR count). The predicted octanol–water partition coefficient (Wildman–Crippen LogP) is 4.39. The molecule has 136 valence electrons. The van der Waals surface area contributed by atoms with Gasteiger partial charge in [-0.2, -0.15) is 5.10 Å². The van der Waals surface area contributed by atoms with Gasteiger partial charge in [0.05, 0.1) is 11.8 Å². The van der Waals surface area contributed by atoms with E-state index in [1.54, 1.807) is 18.2 Å². The van der Waals surface area contributed by atoms with Crippen LogP contribution in [0, 0.1) is 0 Å². The lowest BCUT2D eigenvalue weighted by atomic mass is 10.2. The van der Waals surface area contributed by atoms with Crippen molar-refractivity contribution < 1.29 is 14.6 Å². The van der Waals surface area contributed by atoms with Gasteiger partial charge >= 0.3 is 0 Å². The van der Waals surface area contributed by atoms with Gasteiger partial charge < -0.3 is 9.84 Å². The second-order valence-electron chi connectivity index (χ2n) is 5.67. The molecule has 0 bridgehead atoms. The summed E-state index contributed by atoms with van der Waals surface area (Å²) in [5.41, 5.74) is 4.20. The van der Waals surface area contributed by atoms with Crippen LogP contribution in [0.3, 0.4) is 0 Å². The summed E-state index contributed by atoms with van der Waals surface area (Å²) in [6, 6.07) is 21.0. The van der Waals surface area contributed by atoms with E-state index in [9.17, 15) is 9.90 Å². The molecular formula is C21H17ClN2O3. The first-order valence-electron chi connectivity index (χ1n) is 8.21. The minimum atomic E-state index is -0.498. The number of amides is 1. The molecule has 1 amide bonds. The number of carbonyl (C=O) groups excluding carboxylic acids is 1. The van der Waals surface area contributed by atoms with Crippen LogP contribution in [-0.4, -0.2) is 17.2 Å². The molecule has 6 heteroatoms. The number of rotatable bonds is 6. The van der Waals surface area contributed by atoms with Crippen molar-refractivity contribution in [2.24, 2.45) is 5.10 Å². The number of benzene rings is 3. The van der Waals surface area contributed by atoms with Gasteiger partial charge in [-0.25, -0.2) is 5.43 Å². The number of hydrogen-bond donors (Lipinski definition) is 2. The van der Waals surface area contributed by atoms with Gasteiger partial charge in [0.2, 0.25) is 0 Å². The van der Waals surface area contributed by atoms with Crippen LogP contribution in [0.2, 0.25) is 5.02 Å². The van der Waals surface area contributed by atoms with Crippen molar-refractivity contribution >= 4 is 23.7 Å². The van der Waals surface area contributed by atoms with Crippen LogP contribution in [-0.2, 0) is 6.61 Å². The first-order chi connectivity index (χ1) is 13.1. The largest absolute Gasteiger partial charge is 0.507 e. The number of hydrazone groups is 1. The quantitative estimate of drug-likeness (QED) is 0.492. The van der Waals surface area contributed by atoms with Gasteiger partial charge in [-0.3, -0.25) is 4.79 Å². The van der Waals surface area contributed by atoms with Gasteiger partial charge in [0.25, 0.3) is 5.91 Å². The highest BCUT2D eigenvalue weighted by Gasteiger charge is 2.09. The average molecular weight is 381 g/mol. The van der Waals surface area contributed by atoms with E-state index in [4.69, 9.17) is 16.3 Å². The van der Waals surface area contributed by atoms with Crippen LogP contribution >= 0.6 is 11.6 Å². The van der Waals surface area contributed by atoms with E-state index in [2.05, 4.69) is 10.5 Å². The maximum absolute atomic E-state index is 12.1. The topological polar surface area (TPSA) is 70.9 Å². The number of nitrogens with one attached hydrogen (secondary N) is 1. The summed E-state index contributed by atoms with van der Waals surface area (Å²) in [6.45, 7) is 0.357. The molecular weight excluding hydrogens is 364 g/mol. The fourth-order valence-corrected chi connectivity index (χ4v) is 2.61. The van der Waals surface area contributed by atoms with Crippen molar-refractivity contribution in [2.45, 2.75) is 6.61 Å². The molecule has 3 aromatic rings. The van der Waals surface area contributed by atoms with E-state index in [1.165, 1.54) is 18.3 Å². The van der Waals surface area contributed by atoms with Crippen LogP contribution in [0.1, 0.15) is 21.5 Å². The minimum Gasteiger partial charge on any atom is -0.507 e. The molecule has 2 N–H and O–H groups in total. The zero-order valence-electron chi connectivity index (χ0n) is 14.3. The molecule has 0 aliphatic rings. The van der Waals surface area contributed by atoms with Crippen LogP contribution in [0.25, 0.3) is 0 Å². The maximum atomic E-state index is 12.1. The lowest BCUT2D eigenvalue weighted by molar-refractivity contribution is 0.0952. The highest BCUT2D eigenvalue weighted by molar-refractivity contribution is 6.30. The standard InChI is InChI=1S/C21H17ClN2O3/c22-17-8-5-6-15(12-17)14-27-20-11-4-1-7-16(20)13-23-24-21(26)18-9-2-3-10-19(18)25/h1-13,25H,14H2,(H,24,26)/b23-13-. The molecule has 3 aromatic carbocycles. The summed E-state index contributed by atoms with van der Waals surface area (Å²) in [7, 11) is 0. The summed E-state index contributed by atoms with van der Waals surface area (Å²) in [6.07, 6.45) is 1.49. The zero-order chi connectivity index (χ0) is 19.1. The molecule has 0 saturated heterocycles. The summed E-state index contributed by atoms with van der Waals surface area (Å²) in [5, 5.41) is 14.3. The second-order valence-corrected chi connectivity index (χ2v) is 6.11. The molecule has 0 aliphatic carbocycles. The predicted molar refractivity (Wildman–Crippen MR) is 105 cm³/mol. The van der Waals surface area contributed by atoms with Crippen molar-refractivity contribution in [2.75, 3.05) is 0 Å². The summed E-state index contributed by atoms with van der Waals surface area (Å²) >= 11 is 5.98. The smallest absolute Gasteiger partial charge is 0.275 e. The highest BCUT2D eigenvalue weighted by atomic mass is 35.5. The fourth-order valence-electron chi connectivity index (χ4n) is 2.39. The molecule has 0 atom stereocenters. The number of aromatic hydroxyl groups is 1. The molecule has 0 spiro atoms. The van der Waals surface area contributed by atoms with Gasteiger partial charge in [-0.05, 0) is 42.0 Å². The number of para-hydroxylation sites is 2. The van der Waals surface area contributed by atoms with Gasteiger partial charge in [-0.15, -0.1) is 0 Å². The number of hydrogen-bond acceptors (Lipinski definition) is 4. The van der Waals surface area contributed by atoms with E-state index in [-0.39, 0.29) is 11.3 Å². The molecule has 0 heterocycles. The molecule has 0 fully saturated rings. The average Bonchev–Trinajstić information content (AvgIpc) is 2.67. The third-order valence-corrected chi connectivity index (χ3v) is 3.96. The SMILES string of the molecule is O=C(N/N=C\c1ccccc1OCc1cccc(Cl)c1)c1ccccc1O. The Morgan fingerprint density at radius 3 is 2.67 bits per heavy atom. The van der Waals surface area contributed by atoms with Gasteiger partial charge in [-0.1, -0.05) is 48.0 Å². The third-order valence-electron chi connectivity index (χ3n) is 3.72. The summed E-state index contributed by atoms with van der Waals surface area (Å²) < 4.78 is 5.84. The van der Waals surface area contributed by atoms with E-state index in [1.807, 2.05) is 42.5 Å². The first-order valence-corrected chi connectivity index (χ1v) is 8.59.